The highest BCUT2D eigenvalue weighted by atomic mass is 32.2. The molecule has 1 atom stereocenters. The van der Waals surface area contributed by atoms with Gasteiger partial charge in [-0.3, -0.25) is 9.59 Å². The summed E-state index contributed by atoms with van der Waals surface area (Å²) in [6, 6.07) is 12.6. The average Bonchev–Trinajstić information content (AvgIpc) is 3.22. The summed E-state index contributed by atoms with van der Waals surface area (Å²) in [5, 5.41) is 15.4. The molecule has 9 heteroatoms. The zero-order valence-electron chi connectivity index (χ0n) is 21.1. The van der Waals surface area contributed by atoms with Crippen molar-refractivity contribution in [3.8, 4) is 5.75 Å². The van der Waals surface area contributed by atoms with E-state index in [9.17, 15) is 9.59 Å². The van der Waals surface area contributed by atoms with E-state index >= 15 is 0 Å². The number of thioether (sulfide) groups is 1. The Labute approximate surface area is 210 Å². The Kier molecular flexibility index (Phi) is 8.92. The second-order valence-corrected chi connectivity index (χ2v) is 9.66. The number of amides is 2. The first-order chi connectivity index (χ1) is 16.7. The van der Waals surface area contributed by atoms with Crippen LogP contribution in [-0.4, -0.2) is 39.4 Å². The molecule has 0 radical (unpaired) electrons. The maximum atomic E-state index is 12.9. The molecule has 1 aromatic heterocycles. The number of hydrogen-bond donors (Lipinski definition) is 2. The number of benzene rings is 2. The van der Waals surface area contributed by atoms with Crippen molar-refractivity contribution in [1.82, 2.24) is 20.1 Å². The summed E-state index contributed by atoms with van der Waals surface area (Å²) < 4.78 is 7.12. The predicted octanol–water partition coefficient (Wildman–Crippen LogP) is 4.78. The highest BCUT2D eigenvalue weighted by Gasteiger charge is 2.26. The number of nitrogens with one attached hydrogen (secondary N) is 2. The van der Waals surface area contributed by atoms with E-state index in [1.165, 1.54) is 11.8 Å². The van der Waals surface area contributed by atoms with Crippen LogP contribution in [0.3, 0.4) is 0 Å². The van der Waals surface area contributed by atoms with E-state index < -0.39 is 0 Å². The standard InChI is InChI=1S/C26H33N5O3S/c1-7-31-24(23(16(2)3)28-25(33)19-8-10-21(34-6)11-9-19)29-30-26(31)35-15-22(32)27-20-13-17(4)12-18(5)14-20/h8-14,16,23H,7,15H2,1-6H3,(H,27,32)(H,28,33)/t23-/m0/s1. The summed E-state index contributed by atoms with van der Waals surface area (Å²) in [5.74, 6) is 1.34. The van der Waals surface area contributed by atoms with Gasteiger partial charge in [-0.15, -0.1) is 10.2 Å². The number of ether oxygens (including phenoxy) is 1. The van der Waals surface area contributed by atoms with Gasteiger partial charge in [-0.2, -0.15) is 0 Å². The number of hydrogen-bond acceptors (Lipinski definition) is 6. The topological polar surface area (TPSA) is 98.1 Å². The molecular weight excluding hydrogens is 462 g/mol. The largest absolute Gasteiger partial charge is 0.497 e. The molecule has 3 rings (SSSR count). The van der Waals surface area contributed by atoms with Crippen molar-refractivity contribution in [2.45, 2.75) is 52.4 Å². The third-order valence-corrected chi connectivity index (χ3v) is 6.45. The van der Waals surface area contributed by atoms with E-state index in [0.29, 0.717) is 28.8 Å². The molecule has 2 N–H and O–H groups in total. The van der Waals surface area contributed by atoms with Crippen LogP contribution in [0.5, 0.6) is 5.75 Å². The Morgan fingerprint density at radius 3 is 2.29 bits per heavy atom. The summed E-state index contributed by atoms with van der Waals surface area (Å²) in [6.45, 7) is 10.7. The zero-order valence-corrected chi connectivity index (χ0v) is 21.9. The van der Waals surface area contributed by atoms with Crippen molar-refractivity contribution < 1.29 is 14.3 Å². The van der Waals surface area contributed by atoms with Gasteiger partial charge in [0.15, 0.2) is 11.0 Å². The Balaban J connectivity index is 1.70. The molecule has 186 valence electrons. The van der Waals surface area contributed by atoms with Gasteiger partial charge in [0.1, 0.15) is 5.75 Å². The minimum Gasteiger partial charge on any atom is -0.497 e. The Morgan fingerprint density at radius 2 is 1.71 bits per heavy atom. The van der Waals surface area contributed by atoms with Gasteiger partial charge < -0.3 is 19.9 Å². The van der Waals surface area contributed by atoms with Crippen LogP contribution in [-0.2, 0) is 11.3 Å². The molecule has 0 aliphatic carbocycles. The van der Waals surface area contributed by atoms with Crippen LogP contribution in [0.2, 0.25) is 0 Å². The maximum absolute atomic E-state index is 12.9. The quantitative estimate of drug-likeness (QED) is 0.393. The van der Waals surface area contributed by atoms with Gasteiger partial charge in [-0.1, -0.05) is 31.7 Å². The lowest BCUT2D eigenvalue weighted by atomic mass is 10.0. The lowest BCUT2D eigenvalue weighted by Crippen LogP contribution is -2.33. The summed E-state index contributed by atoms with van der Waals surface area (Å²) in [4.78, 5) is 25.5. The van der Waals surface area contributed by atoms with Gasteiger partial charge in [-0.25, -0.2) is 0 Å². The molecule has 1 heterocycles. The molecule has 0 saturated heterocycles. The number of methoxy groups -OCH3 is 1. The minimum atomic E-state index is -0.338. The number of carbonyl (C=O) groups excluding carboxylic acids is 2. The monoisotopic (exact) mass is 495 g/mol. The maximum Gasteiger partial charge on any atom is 0.251 e. The average molecular weight is 496 g/mol. The van der Waals surface area contributed by atoms with Crippen molar-refractivity contribution in [2.75, 3.05) is 18.2 Å². The highest BCUT2D eigenvalue weighted by Crippen LogP contribution is 2.26. The Hall–Kier alpha value is -3.33. The van der Waals surface area contributed by atoms with Crippen molar-refractivity contribution in [2.24, 2.45) is 5.92 Å². The van der Waals surface area contributed by atoms with Crippen LogP contribution in [0.1, 0.15) is 54.1 Å². The van der Waals surface area contributed by atoms with Gasteiger partial charge in [0.05, 0.1) is 18.9 Å². The van der Waals surface area contributed by atoms with Crippen molar-refractivity contribution >= 4 is 29.3 Å². The SMILES string of the molecule is CCn1c(SCC(=O)Nc2cc(C)cc(C)c2)nnc1[C@@H](NC(=O)c1ccc(OC)cc1)C(C)C. The van der Waals surface area contributed by atoms with E-state index in [1.54, 1.807) is 31.4 Å². The van der Waals surface area contributed by atoms with Gasteiger partial charge >= 0.3 is 0 Å². The molecular formula is C26H33N5O3S. The molecule has 2 amide bonds. The molecule has 0 bridgehead atoms. The van der Waals surface area contributed by atoms with Crippen LogP contribution < -0.4 is 15.4 Å². The molecule has 0 saturated carbocycles. The number of anilines is 1. The molecule has 0 aliphatic rings. The molecule has 0 fully saturated rings. The first-order valence-electron chi connectivity index (χ1n) is 11.6. The molecule has 8 nitrogen and oxygen atoms in total. The van der Waals surface area contributed by atoms with Gasteiger partial charge in [0.2, 0.25) is 5.91 Å². The van der Waals surface area contributed by atoms with Crippen molar-refractivity contribution in [3.05, 3.63) is 65.0 Å². The van der Waals surface area contributed by atoms with E-state index in [4.69, 9.17) is 4.74 Å². The number of aryl methyl sites for hydroxylation is 2. The van der Waals surface area contributed by atoms with Crippen LogP contribution in [0.25, 0.3) is 0 Å². The third kappa shape index (κ3) is 6.85. The fourth-order valence-corrected chi connectivity index (χ4v) is 4.61. The van der Waals surface area contributed by atoms with Gasteiger partial charge in [-0.05, 0) is 74.2 Å². The zero-order chi connectivity index (χ0) is 25.5. The fourth-order valence-electron chi connectivity index (χ4n) is 3.80. The second kappa shape index (κ2) is 11.9. The number of carbonyl (C=O) groups is 2. The lowest BCUT2D eigenvalue weighted by molar-refractivity contribution is -0.113. The van der Waals surface area contributed by atoms with Crippen molar-refractivity contribution in [1.29, 1.82) is 0 Å². The number of aromatic nitrogens is 3. The number of rotatable bonds is 10. The molecule has 2 aromatic carbocycles. The van der Waals surface area contributed by atoms with Crippen LogP contribution >= 0.6 is 11.8 Å². The van der Waals surface area contributed by atoms with Gasteiger partial charge in [0, 0.05) is 17.8 Å². The lowest BCUT2D eigenvalue weighted by Gasteiger charge is -2.22. The summed E-state index contributed by atoms with van der Waals surface area (Å²) >= 11 is 1.33. The van der Waals surface area contributed by atoms with E-state index in [2.05, 4.69) is 26.9 Å². The first-order valence-corrected chi connectivity index (χ1v) is 12.6. The number of nitrogens with zero attached hydrogens (tertiary/aromatic N) is 3. The predicted molar refractivity (Wildman–Crippen MR) is 139 cm³/mol. The van der Waals surface area contributed by atoms with E-state index in [0.717, 1.165) is 16.8 Å². The van der Waals surface area contributed by atoms with Crippen LogP contribution in [0.4, 0.5) is 5.69 Å². The summed E-state index contributed by atoms with van der Waals surface area (Å²) in [6.07, 6.45) is 0. The van der Waals surface area contributed by atoms with Crippen LogP contribution in [0, 0.1) is 19.8 Å². The summed E-state index contributed by atoms with van der Waals surface area (Å²) in [5.41, 5.74) is 3.52. The smallest absolute Gasteiger partial charge is 0.251 e. The Morgan fingerprint density at radius 1 is 1.06 bits per heavy atom. The van der Waals surface area contributed by atoms with Gasteiger partial charge in [0.25, 0.3) is 5.91 Å². The molecule has 0 spiro atoms. The third-order valence-electron chi connectivity index (χ3n) is 5.48. The van der Waals surface area contributed by atoms with Crippen LogP contribution in [0.15, 0.2) is 47.6 Å². The van der Waals surface area contributed by atoms with E-state index in [1.807, 2.05) is 51.3 Å². The molecule has 0 aliphatic heterocycles. The highest BCUT2D eigenvalue weighted by molar-refractivity contribution is 7.99. The van der Waals surface area contributed by atoms with E-state index in [-0.39, 0.29) is 29.5 Å². The Bertz CT molecular complexity index is 1150. The fraction of sp³-hybridized carbons (Fsp3) is 0.385. The molecule has 3 aromatic rings. The second-order valence-electron chi connectivity index (χ2n) is 8.72. The first kappa shape index (κ1) is 26.3. The molecule has 35 heavy (non-hydrogen) atoms. The minimum absolute atomic E-state index is 0.0809. The summed E-state index contributed by atoms with van der Waals surface area (Å²) in [7, 11) is 1.59. The van der Waals surface area contributed by atoms with Crippen molar-refractivity contribution in [3.63, 3.8) is 0 Å². The normalized spacial score (nSPS) is 11.9. The molecule has 0 unspecified atom stereocenters.